The van der Waals surface area contributed by atoms with E-state index in [0.717, 1.165) is 6.07 Å². The SMILES string of the molecule is N#CCc1c(Br)cc(C(F)F)nc1[N+](=O)[O-]. The molecule has 0 fully saturated rings. The van der Waals surface area contributed by atoms with Crippen molar-refractivity contribution in [2.75, 3.05) is 0 Å². The van der Waals surface area contributed by atoms with Gasteiger partial charge < -0.3 is 10.1 Å². The van der Waals surface area contributed by atoms with Gasteiger partial charge in [-0.05, 0) is 9.91 Å². The first kappa shape index (κ1) is 12.4. The van der Waals surface area contributed by atoms with E-state index in [9.17, 15) is 18.9 Å². The van der Waals surface area contributed by atoms with Gasteiger partial charge in [-0.25, -0.2) is 8.78 Å². The number of hydrogen-bond acceptors (Lipinski definition) is 4. The molecule has 1 heterocycles. The number of aromatic nitrogens is 1. The van der Waals surface area contributed by atoms with Crippen LogP contribution in [-0.4, -0.2) is 9.91 Å². The molecule has 0 N–H and O–H groups in total. The molecular formula is C8H4BrF2N3O2. The summed E-state index contributed by atoms with van der Waals surface area (Å²) in [5.41, 5.74) is -0.697. The Kier molecular flexibility index (Phi) is 3.84. The highest BCUT2D eigenvalue weighted by molar-refractivity contribution is 9.10. The molecule has 0 spiro atoms. The minimum Gasteiger partial charge on any atom is -0.358 e. The summed E-state index contributed by atoms with van der Waals surface area (Å²) in [6.45, 7) is 0. The Morgan fingerprint density at radius 2 is 2.31 bits per heavy atom. The number of pyridine rings is 1. The van der Waals surface area contributed by atoms with Crippen LogP contribution in [-0.2, 0) is 6.42 Å². The Balaban J connectivity index is 3.40. The van der Waals surface area contributed by atoms with Gasteiger partial charge in [-0.3, -0.25) is 0 Å². The molecule has 0 aliphatic carbocycles. The molecule has 1 aromatic heterocycles. The number of halogens is 3. The summed E-state index contributed by atoms with van der Waals surface area (Å²) in [4.78, 5) is 12.9. The van der Waals surface area contributed by atoms with Crippen molar-refractivity contribution in [3.8, 4) is 6.07 Å². The molecule has 0 amide bonds. The van der Waals surface area contributed by atoms with Crippen LogP contribution in [0.25, 0.3) is 0 Å². The standard InChI is InChI=1S/C8H4BrF2N3O2/c9-5-3-6(7(10)11)13-8(14(15)16)4(5)1-2-12/h3,7H,1H2. The fourth-order valence-electron chi connectivity index (χ4n) is 1.05. The van der Waals surface area contributed by atoms with Crippen LogP contribution < -0.4 is 0 Å². The Labute approximate surface area is 97.0 Å². The fourth-order valence-corrected chi connectivity index (χ4v) is 1.60. The fraction of sp³-hybridized carbons (Fsp3) is 0.250. The molecule has 5 nitrogen and oxygen atoms in total. The molecule has 0 aromatic carbocycles. The summed E-state index contributed by atoms with van der Waals surface area (Å²) in [7, 11) is 0. The normalized spacial score (nSPS) is 10.2. The molecule has 0 saturated carbocycles. The van der Waals surface area contributed by atoms with E-state index < -0.39 is 22.9 Å². The van der Waals surface area contributed by atoms with E-state index in [-0.39, 0.29) is 16.5 Å². The maximum Gasteiger partial charge on any atom is 0.369 e. The van der Waals surface area contributed by atoms with Gasteiger partial charge in [-0.2, -0.15) is 5.26 Å². The van der Waals surface area contributed by atoms with Crippen LogP contribution in [0.5, 0.6) is 0 Å². The van der Waals surface area contributed by atoms with Gasteiger partial charge in [0.15, 0.2) is 0 Å². The van der Waals surface area contributed by atoms with Crippen molar-refractivity contribution < 1.29 is 13.7 Å². The first-order valence-electron chi connectivity index (χ1n) is 3.96. The first-order chi connectivity index (χ1) is 7.47. The Morgan fingerprint density at radius 1 is 1.69 bits per heavy atom. The van der Waals surface area contributed by atoms with Crippen molar-refractivity contribution in [3.63, 3.8) is 0 Å². The van der Waals surface area contributed by atoms with Crippen LogP contribution >= 0.6 is 15.9 Å². The Hall–Kier alpha value is -1.62. The third-order valence-electron chi connectivity index (χ3n) is 1.72. The van der Waals surface area contributed by atoms with Crippen LogP contribution in [0.2, 0.25) is 0 Å². The van der Waals surface area contributed by atoms with Crippen molar-refractivity contribution in [3.05, 3.63) is 31.9 Å². The van der Waals surface area contributed by atoms with Gasteiger partial charge in [0.25, 0.3) is 0 Å². The lowest BCUT2D eigenvalue weighted by Gasteiger charge is -2.03. The van der Waals surface area contributed by atoms with E-state index in [2.05, 4.69) is 20.9 Å². The zero-order valence-electron chi connectivity index (χ0n) is 7.65. The number of rotatable bonds is 3. The van der Waals surface area contributed by atoms with Crippen LogP contribution in [0.1, 0.15) is 17.7 Å². The number of nitro groups is 1. The number of nitriles is 1. The Morgan fingerprint density at radius 3 is 2.75 bits per heavy atom. The van der Waals surface area contributed by atoms with Crippen LogP contribution in [0.15, 0.2) is 10.5 Å². The van der Waals surface area contributed by atoms with Crippen molar-refractivity contribution in [2.45, 2.75) is 12.8 Å². The smallest absolute Gasteiger partial charge is 0.358 e. The summed E-state index contributed by atoms with van der Waals surface area (Å²) < 4.78 is 24.8. The lowest BCUT2D eigenvalue weighted by atomic mass is 10.2. The number of nitrogens with zero attached hydrogens (tertiary/aromatic N) is 3. The maximum atomic E-state index is 12.3. The van der Waals surface area contributed by atoms with Gasteiger partial charge >= 0.3 is 12.2 Å². The third kappa shape index (κ3) is 2.49. The molecule has 0 atom stereocenters. The van der Waals surface area contributed by atoms with E-state index in [1.54, 1.807) is 6.07 Å². The molecule has 84 valence electrons. The molecule has 0 saturated heterocycles. The summed E-state index contributed by atoms with van der Waals surface area (Å²) in [6.07, 6.45) is -3.17. The zero-order valence-corrected chi connectivity index (χ0v) is 9.24. The van der Waals surface area contributed by atoms with Gasteiger partial charge in [0.05, 0.1) is 18.1 Å². The highest BCUT2D eigenvalue weighted by atomic mass is 79.9. The molecule has 1 aromatic rings. The van der Waals surface area contributed by atoms with Gasteiger partial charge in [0, 0.05) is 10.5 Å². The average molecular weight is 292 g/mol. The minimum absolute atomic E-state index is 0.00287. The third-order valence-corrected chi connectivity index (χ3v) is 2.43. The van der Waals surface area contributed by atoms with E-state index >= 15 is 0 Å². The van der Waals surface area contributed by atoms with Gasteiger partial charge in [-0.15, -0.1) is 0 Å². The molecule has 0 aliphatic heterocycles. The second kappa shape index (κ2) is 4.94. The molecule has 0 bridgehead atoms. The predicted molar refractivity (Wildman–Crippen MR) is 52.9 cm³/mol. The number of hydrogen-bond donors (Lipinski definition) is 0. The van der Waals surface area contributed by atoms with Gasteiger partial charge in [-0.1, -0.05) is 15.9 Å². The topological polar surface area (TPSA) is 79.8 Å². The summed E-state index contributed by atoms with van der Waals surface area (Å²) in [5.74, 6) is -0.716. The highest BCUT2D eigenvalue weighted by Crippen LogP contribution is 2.29. The van der Waals surface area contributed by atoms with Crippen molar-refractivity contribution in [2.24, 2.45) is 0 Å². The monoisotopic (exact) mass is 291 g/mol. The van der Waals surface area contributed by atoms with Crippen LogP contribution in [0.4, 0.5) is 14.6 Å². The van der Waals surface area contributed by atoms with Gasteiger partial charge in [0.1, 0.15) is 0 Å². The lowest BCUT2D eigenvalue weighted by molar-refractivity contribution is -0.390. The quantitative estimate of drug-likeness (QED) is 0.633. The first-order valence-corrected chi connectivity index (χ1v) is 4.75. The van der Waals surface area contributed by atoms with Crippen molar-refractivity contribution in [1.82, 2.24) is 4.98 Å². The molecule has 16 heavy (non-hydrogen) atoms. The zero-order chi connectivity index (χ0) is 12.3. The molecular weight excluding hydrogens is 288 g/mol. The Bertz CT molecular complexity index is 473. The molecule has 1 rings (SSSR count). The second-order valence-corrected chi connectivity index (χ2v) is 3.58. The minimum atomic E-state index is -2.90. The van der Waals surface area contributed by atoms with Crippen molar-refractivity contribution >= 4 is 21.7 Å². The maximum absolute atomic E-state index is 12.3. The van der Waals surface area contributed by atoms with E-state index in [4.69, 9.17) is 5.26 Å². The van der Waals surface area contributed by atoms with Crippen molar-refractivity contribution in [1.29, 1.82) is 5.26 Å². The summed E-state index contributed by atoms with van der Waals surface area (Å²) in [5, 5.41) is 19.1. The molecule has 0 unspecified atom stereocenters. The van der Waals surface area contributed by atoms with E-state index in [1.807, 2.05) is 0 Å². The largest absolute Gasteiger partial charge is 0.369 e. The van der Waals surface area contributed by atoms with Gasteiger partial charge in [0.2, 0.25) is 5.69 Å². The van der Waals surface area contributed by atoms with Crippen LogP contribution in [0, 0.1) is 21.4 Å². The molecule has 0 aliphatic rings. The second-order valence-electron chi connectivity index (χ2n) is 2.72. The van der Waals surface area contributed by atoms with Crippen LogP contribution in [0.3, 0.4) is 0 Å². The van der Waals surface area contributed by atoms with E-state index in [1.165, 1.54) is 0 Å². The predicted octanol–water partition coefficient (Wildman–Crippen LogP) is 2.76. The van der Waals surface area contributed by atoms with E-state index in [0.29, 0.717) is 0 Å². The molecule has 8 heteroatoms. The summed E-state index contributed by atoms with van der Waals surface area (Å²) in [6, 6.07) is 2.68. The molecule has 0 radical (unpaired) electrons. The number of alkyl halides is 2. The summed E-state index contributed by atoms with van der Waals surface area (Å²) >= 11 is 2.91. The average Bonchev–Trinajstić information content (AvgIpc) is 2.20. The highest BCUT2D eigenvalue weighted by Gasteiger charge is 2.25. The lowest BCUT2D eigenvalue weighted by Crippen LogP contribution is -2.03.